The second-order valence-electron chi connectivity index (χ2n) is 6.00. The maximum Gasteiger partial charge on any atom is 0.341 e. The Bertz CT molecular complexity index is 1080. The minimum atomic E-state index is -1.31. The van der Waals surface area contributed by atoms with Crippen molar-refractivity contribution in [3.63, 3.8) is 0 Å². The van der Waals surface area contributed by atoms with Crippen LogP contribution < -0.4 is 5.43 Å². The fourth-order valence-electron chi connectivity index (χ4n) is 3.13. The molecule has 0 aliphatic carbocycles. The lowest BCUT2D eigenvalue weighted by Gasteiger charge is -2.12. The Labute approximate surface area is 149 Å². The molecule has 0 atom stereocenters. The summed E-state index contributed by atoms with van der Waals surface area (Å²) in [6.45, 7) is 2.00. The van der Waals surface area contributed by atoms with Crippen LogP contribution in [0.15, 0.2) is 41.3 Å². The summed E-state index contributed by atoms with van der Waals surface area (Å²) in [7, 11) is 2.90. The van der Waals surface area contributed by atoms with Crippen LogP contribution in [0, 0.1) is 6.92 Å². The summed E-state index contributed by atoms with van der Waals surface area (Å²) >= 11 is 0. The number of aromatic carboxylic acids is 1. The van der Waals surface area contributed by atoms with E-state index in [1.807, 2.05) is 30.3 Å². The number of pyridine rings is 1. The number of carbonyl (C=O) groups is 2. The van der Waals surface area contributed by atoms with Crippen molar-refractivity contribution in [3.8, 4) is 0 Å². The van der Waals surface area contributed by atoms with Crippen molar-refractivity contribution in [2.45, 2.75) is 13.5 Å². The smallest absolute Gasteiger partial charge is 0.341 e. The largest absolute Gasteiger partial charge is 0.477 e. The Morgan fingerprint density at radius 3 is 2.38 bits per heavy atom. The zero-order chi connectivity index (χ0) is 19.0. The predicted octanol–water partition coefficient (Wildman–Crippen LogP) is 2.18. The number of esters is 1. The Hall–Kier alpha value is -3.35. The lowest BCUT2D eigenvalue weighted by molar-refractivity contribution is 0.0600. The van der Waals surface area contributed by atoms with E-state index in [-0.39, 0.29) is 16.6 Å². The summed E-state index contributed by atoms with van der Waals surface area (Å²) in [6, 6.07) is 9.38. The highest BCUT2D eigenvalue weighted by Crippen LogP contribution is 2.25. The first kappa shape index (κ1) is 17.5. The van der Waals surface area contributed by atoms with Gasteiger partial charge in [-0.25, -0.2) is 9.59 Å². The average molecular weight is 354 g/mol. The number of fused-ring (bicyclic) bond motifs is 1. The van der Waals surface area contributed by atoms with Crippen LogP contribution in [0.1, 0.15) is 32.0 Å². The van der Waals surface area contributed by atoms with Gasteiger partial charge in [0, 0.05) is 25.5 Å². The van der Waals surface area contributed by atoms with Crippen LogP contribution in [0.25, 0.3) is 11.0 Å². The minimum Gasteiger partial charge on any atom is -0.477 e. The molecule has 7 heteroatoms. The van der Waals surface area contributed by atoms with E-state index in [0.29, 0.717) is 17.8 Å². The maximum absolute atomic E-state index is 12.7. The van der Waals surface area contributed by atoms with E-state index >= 15 is 0 Å². The average Bonchev–Trinajstić information content (AvgIpc) is 2.89. The van der Waals surface area contributed by atoms with Gasteiger partial charge in [-0.3, -0.25) is 4.79 Å². The summed E-state index contributed by atoms with van der Waals surface area (Å²) in [4.78, 5) is 36.6. The van der Waals surface area contributed by atoms with Crippen molar-refractivity contribution in [3.05, 3.63) is 69.1 Å². The molecule has 1 N–H and O–H groups in total. The number of nitrogens with zero attached hydrogens (tertiary/aromatic N) is 2. The Morgan fingerprint density at radius 1 is 1.15 bits per heavy atom. The van der Waals surface area contributed by atoms with Gasteiger partial charge in [0.1, 0.15) is 16.6 Å². The van der Waals surface area contributed by atoms with Gasteiger partial charge in [0.05, 0.1) is 12.6 Å². The first-order valence-corrected chi connectivity index (χ1v) is 7.94. The standard InChI is InChI=1S/C19H18N2O5/c1-11-14(19(25)26-3)15-16(20(11)2)17(22)13(18(23)24)10-21(15)9-12-7-5-4-6-8-12/h4-8,10H,9H2,1-3H3,(H,23,24). The molecule has 0 radical (unpaired) electrons. The first-order chi connectivity index (χ1) is 12.4. The van der Waals surface area contributed by atoms with Gasteiger partial charge in [-0.1, -0.05) is 30.3 Å². The minimum absolute atomic E-state index is 0.165. The molecule has 0 saturated carbocycles. The number of benzene rings is 1. The molecule has 7 nitrogen and oxygen atoms in total. The van der Waals surface area contributed by atoms with E-state index < -0.39 is 17.4 Å². The van der Waals surface area contributed by atoms with Gasteiger partial charge in [0.2, 0.25) is 5.43 Å². The SMILES string of the molecule is COC(=O)c1c(C)n(C)c2c(=O)c(C(=O)O)cn(Cc3ccccc3)c12. The number of rotatable bonds is 4. The number of methoxy groups -OCH3 is 1. The topological polar surface area (TPSA) is 90.5 Å². The molecule has 0 aliphatic rings. The molecule has 0 bridgehead atoms. The molecular weight excluding hydrogens is 336 g/mol. The molecule has 134 valence electrons. The van der Waals surface area contributed by atoms with Crippen molar-refractivity contribution in [2.75, 3.05) is 7.11 Å². The van der Waals surface area contributed by atoms with Crippen LogP contribution >= 0.6 is 0 Å². The Kier molecular flexibility index (Phi) is 4.38. The fourth-order valence-corrected chi connectivity index (χ4v) is 3.13. The molecule has 0 unspecified atom stereocenters. The molecule has 3 aromatic rings. The van der Waals surface area contributed by atoms with E-state index in [1.165, 1.54) is 17.9 Å². The molecule has 0 fully saturated rings. The van der Waals surface area contributed by atoms with Crippen molar-refractivity contribution >= 4 is 23.0 Å². The van der Waals surface area contributed by atoms with Crippen molar-refractivity contribution in [2.24, 2.45) is 7.05 Å². The second kappa shape index (κ2) is 6.51. The van der Waals surface area contributed by atoms with Crippen molar-refractivity contribution in [1.29, 1.82) is 0 Å². The second-order valence-corrected chi connectivity index (χ2v) is 6.00. The third-order valence-corrected chi connectivity index (χ3v) is 4.51. The number of ether oxygens (including phenoxy) is 1. The Morgan fingerprint density at radius 2 is 1.81 bits per heavy atom. The van der Waals surface area contributed by atoms with Crippen LogP contribution in [-0.4, -0.2) is 33.3 Å². The third-order valence-electron chi connectivity index (χ3n) is 4.51. The summed E-state index contributed by atoms with van der Waals surface area (Å²) in [5, 5.41) is 9.42. The normalized spacial score (nSPS) is 10.9. The molecule has 0 spiro atoms. The van der Waals surface area contributed by atoms with Crippen LogP contribution in [-0.2, 0) is 18.3 Å². The summed E-state index contributed by atoms with van der Waals surface area (Å²) in [6.07, 6.45) is 1.28. The first-order valence-electron chi connectivity index (χ1n) is 7.94. The van der Waals surface area contributed by atoms with E-state index in [4.69, 9.17) is 4.74 Å². The number of aromatic nitrogens is 2. The van der Waals surface area contributed by atoms with Gasteiger partial charge in [-0.05, 0) is 12.5 Å². The highest BCUT2D eigenvalue weighted by atomic mass is 16.5. The van der Waals surface area contributed by atoms with E-state index in [0.717, 1.165) is 5.56 Å². The number of carbonyl (C=O) groups excluding carboxylic acids is 1. The summed E-state index contributed by atoms with van der Waals surface area (Å²) < 4.78 is 8.04. The summed E-state index contributed by atoms with van der Waals surface area (Å²) in [5.41, 5.74) is 1.27. The fraction of sp³-hybridized carbons (Fsp3) is 0.211. The third kappa shape index (κ3) is 2.67. The molecule has 26 heavy (non-hydrogen) atoms. The molecule has 0 amide bonds. The van der Waals surface area contributed by atoms with Gasteiger partial charge in [-0.15, -0.1) is 0 Å². The lowest BCUT2D eigenvalue weighted by atomic mass is 10.1. The number of carboxylic acids is 1. The molecular formula is C19H18N2O5. The molecule has 2 aromatic heterocycles. The van der Waals surface area contributed by atoms with Gasteiger partial charge in [0.25, 0.3) is 0 Å². The summed E-state index contributed by atoms with van der Waals surface area (Å²) in [5.74, 6) is -1.88. The number of hydrogen-bond acceptors (Lipinski definition) is 4. The van der Waals surface area contributed by atoms with Gasteiger partial charge < -0.3 is 19.0 Å². The van der Waals surface area contributed by atoms with Gasteiger partial charge >= 0.3 is 11.9 Å². The quantitative estimate of drug-likeness (QED) is 0.725. The van der Waals surface area contributed by atoms with Gasteiger partial charge in [-0.2, -0.15) is 0 Å². The molecule has 0 aliphatic heterocycles. The maximum atomic E-state index is 12.7. The van der Waals surface area contributed by atoms with E-state index in [9.17, 15) is 19.5 Å². The van der Waals surface area contributed by atoms with Crippen molar-refractivity contribution < 1.29 is 19.4 Å². The predicted molar refractivity (Wildman–Crippen MR) is 95.8 cm³/mol. The molecule has 3 rings (SSSR count). The molecule has 2 heterocycles. The molecule has 1 aromatic carbocycles. The number of hydrogen-bond donors (Lipinski definition) is 1. The zero-order valence-corrected chi connectivity index (χ0v) is 14.6. The van der Waals surface area contributed by atoms with Crippen LogP contribution in [0.4, 0.5) is 0 Å². The highest BCUT2D eigenvalue weighted by molar-refractivity contribution is 6.05. The number of aryl methyl sites for hydroxylation is 1. The van der Waals surface area contributed by atoms with Crippen LogP contribution in [0.5, 0.6) is 0 Å². The van der Waals surface area contributed by atoms with Gasteiger partial charge in [0.15, 0.2) is 0 Å². The van der Waals surface area contributed by atoms with E-state index in [2.05, 4.69) is 0 Å². The highest BCUT2D eigenvalue weighted by Gasteiger charge is 2.26. The lowest BCUT2D eigenvalue weighted by Crippen LogP contribution is -2.21. The zero-order valence-electron chi connectivity index (χ0n) is 14.6. The number of carboxylic acid groups (broad SMARTS) is 1. The van der Waals surface area contributed by atoms with Crippen molar-refractivity contribution in [1.82, 2.24) is 9.13 Å². The monoisotopic (exact) mass is 354 g/mol. The van der Waals surface area contributed by atoms with E-state index in [1.54, 1.807) is 18.5 Å². The Balaban J connectivity index is 2.42. The van der Waals surface area contributed by atoms with Crippen LogP contribution in [0.3, 0.4) is 0 Å². The molecule has 0 saturated heterocycles. The van der Waals surface area contributed by atoms with Crippen LogP contribution in [0.2, 0.25) is 0 Å².